The molecule has 1 aromatic carbocycles. The lowest BCUT2D eigenvalue weighted by Crippen LogP contribution is -2.23. The SMILES string of the molecule is CC(N)COc1ccccc1OC(C)C. The summed E-state index contributed by atoms with van der Waals surface area (Å²) in [6.45, 7) is 6.38. The molecule has 0 aliphatic rings. The lowest BCUT2D eigenvalue weighted by molar-refractivity contribution is 0.218. The highest BCUT2D eigenvalue weighted by Gasteiger charge is 2.06. The zero-order chi connectivity index (χ0) is 11.3. The first kappa shape index (κ1) is 11.9. The quantitative estimate of drug-likeness (QED) is 0.808. The third kappa shape index (κ3) is 4.21. The predicted octanol–water partition coefficient (Wildman–Crippen LogP) is 2.20. The largest absolute Gasteiger partial charge is 0.488 e. The second-order valence-corrected chi connectivity index (χ2v) is 3.90. The van der Waals surface area contributed by atoms with Gasteiger partial charge in [0.2, 0.25) is 0 Å². The predicted molar refractivity (Wildman–Crippen MR) is 61.4 cm³/mol. The zero-order valence-corrected chi connectivity index (χ0v) is 9.57. The molecule has 3 heteroatoms. The van der Waals surface area contributed by atoms with Crippen molar-refractivity contribution in [3.05, 3.63) is 24.3 Å². The summed E-state index contributed by atoms with van der Waals surface area (Å²) in [7, 11) is 0. The van der Waals surface area contributed by atoms with E-state index >= 15 is 0 Å². The standard InChI is InChI=1S/C12H19NO2/c1-9(2)15-12-7-5-4-6-11(12)14-8-10(3)13/h4-7,9-10H,8,13H2,1-3H3. The van der Waals surface area contributed by atoms with Gasteiger partial charge in [-0.15, -0.1) is 0 Å². The summed E-state index contributed by atoms with van der Waals surface area (Å²) in [4.78, 5) is 0. The zero-order valence-electron chi connectivity index (χ0n) is 9.57. The minimum atomic E-state index is 0.0251. The van der Waals surface area contributed by atoms with Gasteiger partial charge in [0.15, 0.2) is 11.5 Å². The van der Waals surface area contributed by atoms with Crippen LogP contribution in [0.15, 0.2) is 24.3 Å². The molecule has 1 atom stereocenters. The second-order valence-electron chi connectivity index (χ2n) is 3.90. The molecule has 0 bridgehead atoms. The smallest absolute Gasteiger partial charge is 0.161 e. The lowest BCUT2D eigenvalue weighted by atomic mass is 10.3. The normalized spacial score (nSPS) is 12.6. The Morgan fingerprint density at radius 2 is 1.73 bits per heavy atom. The van der Waals surface area contributed by atoms with Crippen molar-refractivity contribution < 1.29 is 9.47 Å². The molecule has 0 radical (unpaired) electrons. The molecule has 0 aliphatic heterocycles. The summed E-state index contributed by atoms with van der Waals surface area (Å²) in [5.74, 6) is 1.52. The molecule has 1 rings (SSSR count). The van der Waals surface area contributed by atoms with E-state index in [4.69, 9.17) is 15.2 Å². The third-order valence-electron chi connectivity index (χ3n) is 1.71. The molecule has 1 aromatic rings. The number of para-hydroxylation sites is 2. The summed E-state index contributed by atoms with van der Waals surface area (Å²) in [5.41, 5.74) is 5.63. The Labute approximate surface area is 91.2 Å². The molecule has 0 amide bonds. The maximum atomic E-state index is 5.63. The molecule has 3 nitrogen and oxygen atoms in total. The van der Waals surface area contributed by atoms with Gasteiger partial charge in [-0.05, 0) is 32.9 Å². The minimum absolute atomic E-state index is 0.0251. The summed E-state index contributed by atoms with van der Waals surface area (Å²) < 4.78 is 11.2. The molecule has 0 heterocycles. The van der Waals surface area contributed by atoms with Crippen molar-refractivity contribution in [1.82, 2.24) is 0 Å². The molecule has 0 saturated carbocycles. The Morgan fingerprint density at radius 3 is 2.27 bits per heavy atom. The molecular weight excluding hydrogens is 190 g/mol. The van der Waals surface area contributed by atoms with Crippen molar-refractivity contribution in [3.63, 3.8) is 0 Å². The van der Waals surface area contributed by atoms with Crippen molar-refractivity contribution in [2.45, 2.75) is 32.9 Å². The molecule has 0 aromatic heterocycles. The van der Waals surface area contributed by atoms with Gasteiger partial charge in [0.25, 0.3) is 0 Å². The number of hydrogen-bond acceptors (Lipinski definition) is 3. The lowest BCUT2D eigenvalue weighted by Gasteiger charge is -2.15. The number of nitrogens with two attached hydrogens (primary N) is 1. The first-order chi connectivity index (χ1) is 7.09. The fourth-order valence-corrected chi connectivity index (χ4v) is 1.14. The van der Waals surface area contributed by atoms with E-state index in [1.807, 2.05) is 45.0 Å². The van der Waals surface area contributed by atoms with E-state index in [1.165, 1.54) is 0 Å². The van der Waals surface area contributed by atoms with Crippen LogP contribution in [0.2, 0.25) is 0 Å². The average Bonchev–Trinajstić information content (AvgIpc) is 2.15. The fourth-order valence-electron chi connectivity index (χ4n) is 1.14. The summed E-state index contributed by atoms with van der Waals surface area (Å²) >= 11 is 0. The van der Waals surface area contributed by atoms with Crippen LogP contribution in [0.3, 0.4) is 0 Å². The number of ether oxygens (including phenoxy) is 2. The second kappa shape index (κ2) is 5.61. The van der Waals surface area contributed by atoms with Crippen LogP contribution < -0.4 is 15.2 Å². The molecule has 0 fully saturated rings. The van der Waals surface area contributed by atoms with Crippen molar-refractivity contribution in [2.75, 3.05) is 6.61 Å². The topological polar surface area (TPSA) is 44.5 Å². The first-order valence-corrected chi connectivity index (χ1v) is 5.23. The van der Waals surface area contributed by atoms with Crippen molar-refractivity contribution in [1.29, 1.82) is 0 Å². The number of hydrogen-bond donors (Lipinski definition) is 1. The Bertz CT molecular complexity index is 297. The average molecular weight is 209 g/mol. The highest BCUT2D eigenvalue weighted by molar-refractivity contribution is 5.39. The van der Waals surface area contributed by atoms with E-state index in [2.05, 4.69) is 0 Å². The molecule has 0 aliphatic carbocycles. The van der Waals surface area contributed by atoms with Gasteiger partial charge in [-0.1, -0.05) is 12.1 Å². The van der Waals surface area contributed by atoms with Gasteiger partial charge < -0.3 is 15.2 Å². The van der Waals surface area contributed by atoms with E-state index in [0.29, 0.717) is 6.61 Å². The fraction of sp³-hybridized carbons (Fsp3) is 0.500. The molecular formula is C12H19NO2. The van der Waals surface area contributed by atoms with Crippen LogP contribution in [0.1, 0.15) is 20.8 Å². The molecule has 2 N–H and O–H groups in total. The van der Waals surface area contributed by atoms with Crippen LogP contribution in [-0.4, -0.2) is 18.8 Å². The summed E-state index contributed by atoms with van der Waals surface area (Å²) in [5, 5.41) is 0. The number of benzene rings is 1. The molecule has 0 spiro atoms. The van der Waals surface area contributed by atoms with Gasteiger partial charge >= 0.3 is 0 Å². The highest BCUT2D eigenvalue weighted by Crippen LogP contribution is 2.27. The number of rotatable bonds is 5. The van der Waals surface area contributed by atoms with E-state index < -0.39 is 0 Å². The van der Waals surface area contributed by atoms with Gasteiger partial charge in [-0.25, -0.2) is 0 Å². The molecule has 1 unspecified atom stereocenters. The Balaban J connectivity index is 2.68. The third-order valence-corrected chi connectivity index (χ3v) is 1.71. The molecule has 84 valence electrons. The molecule has 15 heavy (non-hydrogen) atoms. The Kier molecular flexibility index (Phi) is 4.43. The van der Waals surface area contributed by atoms with Crippen LogP contribution in [0.25, 0.3) is 0 Å². The van der Waals surface area contributed by atoms with Crippen molar-refractivity contribution >= 4 is 0 Å². The van der Waals surface area contributed by atoms with Gasteiger partial charge in [-0.2, -0.15) is 0 Å². The van der Waals surface area contributed by atoms with Crippen LogP contribution in [-0.2, 0) is 0 Å². The monoisotopic (exact) mass is 209 g/mol. The Morgan fingerprint density at radius 1 is 1.13 bits per heavy atom. The maximum absolute atomic E-state index is 5.63. The van der Waals surface area contributed by atoms with Crippen LogP contribution in [0, 0.1) is 0 Å². The minimum Gasteiger partial charge on any atom is -0.488 e. The summed E-state index contributed by atoms with van der Waals surface area (Å²) in [6.07, 6.45) is 0.144. The van der Waals surface area contributed by atoms with E-state index in [-0.39, 0.29) is 12.1 Å². The van der Waals surface area contributed by atoms with Gasteiger partial charge in [-0.3, -0.25) is 0 Å². The maximum Gasteiger partial charge on any atom is 0.161 e. The van der Waals surface area contributed by atoms with Crippen molar-refractivity contribution in [3.8, 4) is 11.5 Å². The van der Waals surface area contributed by atoms with E-state index in [0.717, 1.165) is 11.5 Å². The van der Waals surface area contributed by atoms with Crippen LogP contribution >= 0.6 is 0 Å². The van der Waals surface area contributed by atoms with E-state index in [9.17, 15) is 0 Å². The van der Waals surface area contributed by atoms with Crippen LogP contribution in [0.4, 0.5) is 0 Å². The van der Waals surface area contributed by atoms with Gasteiger partial charge in [0.05, 0.1) is 6.10 Å². The molecule has 0 saturated heterocycles. The van der Waals surface area contributed by atoms with Gasteiger partial charge in [0.1, 0.15) is 6.61 Å². The van der Waals surface area contributed by atoms with Crippen LogP contribution in [0.5, 0.6) is 11.5 Å². The first-order valence-electron chi connectivity index (χ1n) is 5.23. The van der Waals surface area contributed by atoms with Crippen molar-refractivity contribution in [2.24, 2.45) is 5.73 Å². The summed E-state index contributed by atoms with van der Waals surface area (Å²) in [6, 6.07) is 7.66. The van der Waals surface area contributed by atoms with Gasteiger partial charge in [0, 0.05) is 6.04 Å². The van der Waals surface area contributed by atoms with E-state index in [1.54, 1.807) is 0 Å². The highest BCUT2D eigenvalue weighted by atomic mass is 16.5. The Hall–Kier alpha value is -1.22.